The third-order valence-corrected chi connectivity index (χ3v) is 3.04. The highest BCUT2D eigenvalue weighted by molar-refractivity contribution is 9.10. The molecule has 2 nitrogen and oxygen atoms in total. The second-order valence-electron chi connectivity index (χ2n) is 4.40. The van der Waals surface area contributed by atoms with Crippen LogP contribution in [0.5, 0.6) is 0 Å². The highest BCUT2D eigenvalue weighted by Gasteiger charge is 2.16. The van der Waals surface area contributed by atoms with Crippen molar-refractivity contribution in [3.8, 4) is 0 Å². The average molecular weight is 319 g/mol. The smallest absolute Gasteiger partial charge is 0.253 e. The fraction of sp³-hybridized carbons (Fsp3) is 0.462. The lowest BCUT2D eigenvalue weighted by Gasteiger charge is -2.23. The van der Waals surface area contributed by atoms with Crippen molar-refractivity contribution >= 4 is 33.4 Å². The first-order valence-electron chi connectivity index (χ1n) is 5.69. The quantitative estimate of drug-likeness (QED) is 0.814. The van der Waals surface area contributed by atoms with Crippen LogP contribution in [0.15, 0.2) is 22.7 Å². The highest BCUT2D eigenvalue weighted by atomic mass is 79.9. The molecule has 94 valence electrons. The molecule has 1 aromatic carbocycles. The van der Waals surface area contributed by atoms with Crippen molar-refractivity contribution in [1.29, 1.82) is 0 Å². The maximum absolute atomic E-state index is 12.3. The van der Waals surface area contributed by atoms with Gasteiger partial charge in [0.25, 0.3) is 5.91 Å². The Morgan fingerprint density at radius 2 is 2.06 bits per heavy atom. The molecule has 1 rings (SSSR count). The molecule has 0 saturated carbocycles. The molecule has 0 unspecified atom stereocenters. The molecule has 0 atom stereocenters. The van der Waals surface area contributed by atoms with Crippen LogP contribution in [-0.4, -0.2) is 23.9 Å². The van der Waals surface area contributed by atoms with E-state index in [0.29, 0.717) is 23.0 Å². The first-order chi connectivity index (χ1) is 7.93. The summed E-state index contributed by atoms with van der Waals surface area (Å²) in [6.07, 6.45) is 0. The zero-order valence-electron chi connectivity index (χ0n) is 10.3. The summed E-state index contributed by atoms with van der Waals surface area (Å²) in [7, 11) is 0. The van der Waals surface area contributed by atoms with Crippen molar-refractivity contribution in [2.24, 2.45) is 5.92 Å². The Hall–Kier alpha value is -0.540. The molecule has 0 saturated heterocycles. The number of nitrogens with zero attached hydrogens (tertiary/aromatic N) is 1. The van der Waals surface area contributed by atoms with E-state index in [4.69, 9.17) is 11.6 Å². The third kappa shape index (κ3) is 4.32. The Labute approximate surface area is 116 Å². The van der Waals surface area contributed by atoms with Crippen LogP contribution < -0.4 is 0 Å². The summed E-state index contributed by atoms with van der Waals surface area (Å²) in [6, 6.07) is 5.28. The maximum atomic E-state index is 12.3. The number of carbonyl (C=O) groups is 1. The van der Waals surface area contributed by atoms with Gasteiger partial charge in [0.15, 0.2) is 0 Å². The zero-order chi connectivity index (χ0) is 13.0. The van der Waals surface area contributed by atoms with Crippen LogP contribution in [0.2, 0.25) is 5.02 Å². The minimum absolute atomic E-state index is 0.0319. The van der Waals surface area contributed by atoms with Gasteiger partial charge in [0.2, 0.25) is 0 Å². The molecule has 0 aromatic heterocycles. The van der Waals surface area contributed by atoms with Gasteiger partial charge >= 0.3 is 0 Å². The van der Waals surface area contributed by atoms with E-state index >= 15 is 0 Å². The molecular formula is C13H17BrClNO. The summed E-state index contributed by atoms with van der Waals surface area (Å²) in [5.74, 6) is 0.492. The lowest BCUT2D eigenvalue weighted by Crippen LogP contribution is -2.34. The van der Waals surface area contributed by atoms with E-state index < -0.39 is 0 Å². The predicted octanol–water partition coefficient (Wildman–Crippen LogP) is 4.22. The number of carbonyl (C=O) groups excluding carboxylic acids is 1. The van der Waals surface area contributed by atoms with Crippen LogP contribution in [0.4, 0.5) is 0 Å². The van der Waals surface area contributed by atoms with Crippen molar-refractivity contribution in [2.45, 2.75) is 20.8 Å². The monoisotopic (exact) mass is 317 g/mol. The summed E-state index contributed by atoms with van der Waals surface area (Å²) >= 11 is 9.30. The van der Waals surface area contributed by atoms with Gasteiger partial charge < -0.3 is 4.90 Å². The van der Waals surface area contributed by atoms with Gasteiger partial charge in [-0.1, -0.05) is 41.4 Å². The van der Waals surface area contributed by atoms with Gasteiger partial charge in [-0.25, -0.2) is 0 Å². The Morgan fingerprint density at radius 3 is 2.53 bits per heavy atom. The van der Waals surface area contributed by atoms with Gasteiger partial charge in [-0.05, 0) is 31.0 Å². The molecule has 0 N–H and O–H groups in total. The van der Waals surface area contributed by atoms with Crippen molar-refractivity contribution in [3.63, 3.8) is 0 Å². The summed E-state index contributed by atoms with van der Waals surface area (Å²) in [6.45, 7) is 7.66. The van der Waals surface area contributed by atoms with Gasteiger partial charge in [0.1, 0.15) is 0 Å². The van der Waals surface area contributed by atoms with Crippen molar-refractivity contribution in [2.75, 3.05) is 13.1 Å². The van der Waals surface area contributed by atoms with Crippen molar-refractivity contribution < 1.29 is 4.79 Å². The number of benzene rings is 1. The Balaban J connectivity index is 2.93. The highest BCUT2D eigenvalue weighted by Crippen LogP contribution is 2.21. The molecule has 0 bridgehead atoms. The summed E-state index contributed by atoms with van der Waals surface area (Å²) in [5, 5.41) is 0.573. The van der Waals surface area contributed by atoms with Crippen LogP contribution in [0.25, 0.3) is 0 Å². The minimum Gasteiger partial charge on any atom is -0.339 e. The van der Waals surface area contributed by atoms with Gasteiger partial charge in [0.05, 0.1) is 0 Å². The molecule has 0 aliphatic carbocycles. The number of rotatable bonds is 4. The molecular weight excluding hydrogens is 302 g/mol. The lowest BCUT2D eigenvalue weighted by molar-refractivity contribution is 0.0745. The molecule has 0 heterocycles. The van der Waals surface area contributed by atoms with Gasteiger partial charge in [-0.3, -0.25) is 4.79 Å². The van der Waals surface area contributed by atoms with Crippen LogP contribution in [0, 0.1) is 5.92 Å². The van der Waals surface area contributed by atoms with Gasteiger partial charge in [-0.2, -0.15) is 0 Å². The predicted molar refractivity (Wildman–Crippen MR) is 75.6 cm³/mol. The van der Waals surface area contributed by atoms with Crippen LogP contribution in [0.3, 0.4) is 0 Å². The van der Waals surface area contributed by atoms with Gasteiger partial charge in [0, 0.05) is 28.1 Å². The van der Waals surface area contributed by atoms with Gasteiger partial charge in [-0.15, -0.1) is 0 Å². The van der Waals surface area contributed by atoms with E-state index in [-0.39, 0.29) is 5.91 Å². The molecule has 0 spiro atoms. The first-order valence-corrected chi connectivity index (χ1v) is 6.86. The SMILES string of the molecule is CCN(CC(C)C)C(=O)c1cc(Cl)cc(Br)c1. The summed E-state index contributed by atoms with van der Waals surface area (Å²) in [5.41, 5.74) is 0.631. The third-order valence-electron chi connectivity index (χ3n) is 2.36. The first kappa shape index (κ1) is 14.5. The van der Waals surface area contributed by atoms with E-state index in [1.165, 1.54) is 0 Å². The van der Waals surface area contributed by atoms with E-state index in [2.05, 4.69) is 29.8 Å². The maximum Gasteiger partial charge on any atom is 0.253 e. The van der Waals surface area contributed by atoms with E-state index in [0.717, 1.165) is 11.0 Å². The zero-order valence-corrected chi connectivity index (χ0v) is 12.7. The Kier molecular flexibility index (Phi) is 5.47. The molecule has 0 radical (unpaired) electrons. The van der Waals surface area contributed by atoms with E-state index in [1.54, 1.807) is 18.2 Å². The fourth-order valence-corrected chi connectivity index (χ4v) is 2.52. The number of halogens is 2. The summed E-state index contributed by atoms with van der Waals surface area (Å²) < 4.78 is 0.828. The molecule has 17 heavy (non-hydrogen) atoms. The topological polar surface area (TPSA) is 20.3 Å². The van der Waals surface area contributed by atoms with E-state index in [9.17, 15) is 4.79 Å². The standard InChI is InChI=1S/C13H17BrClNO/c1-4-16(8-9(2)3)13(17)10-5-11(14)7-12(15)6-10/h5-7,9H,4,8H2,1-3H3. The Morgan fingerprint density at radius 1 is 1.41 bits per heavy atom. The van der Waals surface area contributed by atoms with Crippen molar-refractivity contribution in [1.82, 2.24) is 4.90 Å². The summed E-state index contributed by atoms with van der Waals surface area (Å²) in [4.78, 5) is 14.1. The van der Waals surface area contributed by atoms with Crippen LogP contribution in [0.1, 0.15) is 31.1 Å². The number of hydrogen-bond acceptors (Lipinski definition) is 1. The molecule has 0 aliphatic heterocycles. The number of hydrogen-bond donors (Lipinski definition) is 0. The fourth-order valence-electron chi connectivity index (χ4n) is 1.66. The average Bonchev–Trinajstić information content (AvgIpc) is 2.23. The van der Waals surface area contributed by atoms with Crippen LogP contribution >= 0.6 is 27.5 Å². The molecule has 4 heteroatoms. The minimum atomic E-state index is 0.0319. The largest absolute Gasteiger partial charge is 0.339 e. The normalized spacial score (nSPS) is 10.7. The lowest BCUT2D eigenvalue weighted by atomic mass is 10.1. The molecule has 1 amide bonds. The molecule has 0 fully saturated rings. The second kappa shape index (κ2) is 6.41. The van der Waals surface area contributed by atoms with E-state index in [1.807, 2.05) is 11.8 Å². The number of amides is 1. The molecule has 1 aromatic rings. The second-order valence-corrected chi connectivity index (χ2v) is 5.75. The van der Waals surface area contributed by atoms with Crippen LogP contribution in [-0.2, 0) is 0 Å². The van der Waals surface area contributed by atoms with Crippen molar-refractivity contribution in [3.05, 3.63) is 33.3 Å². The molecule has 0 aliphatic rings. The Bertz CT molecular complexity index is 386.